The van der Waals surface area contributed by atoms with Crippen molar-refractivity contribution >= 4 is 28.5 Å². The summed E-state index contributed by atoms with van der Waals surface area (Å²) in [6, 6.07) is 19.5. The molecular formula is C28H30FN5O2. The number of halogens is 1. The highest BCUT2D eigenvalue weighted by atomic mass is 19.1. The van der Waals surface area contributed by atoms with Gasteiger partial charge in [-0.1, -0.05) is 61.0 Å². The number of hydrogen-bond donors (Lipinski definition) is 1. The molecule has 0 aliphatic rings. The Morgan fingerprint density at radius 2 is 1.69 bits per heavy atom. The van der Waals surface area contributed by atoms with Gasteiger partial charge in [0.1, 0.15) is 23.9 Å². The minimum Gasteiger partial charge on any atom is -0.354 e. The minimum absolute atomic E-state index is 0.120. The van der Waals surface area contributed by atoms with Gasteiger partial charge in [0.15, 0.2) is 0 Å². The molecule has 36 heavy (non-hydrogen) atoms. The van der Waals surface area contributed by atoms with Crippen molar-refractivity contribution in [1.29, 1.82) is 0 Å². The predicted octanol–water partition coefficient (Wildman–Crippen LogP) is 4.82. The van der Waals surface area contributed by atoms with Crippen LogP contribution < -0.4 is 10.2 Å². The highest BCUT2D eigenvalue weighted by Gasteiger charge is 2.33. The molecule has 7 nitrogen and oxygen atoms in total. The van der Waals surface area contributed by atoms with Crippen molar-refractivity contribution < 1.29 is 14.0 Å². The molecule has 1 N–H and O–H groups in total. The van der Waals surface area contributed by atoms with E-state index in [0.717, 1.165) is 17.5 Å². The van der Waals surface area contributed by atoms with Gasteiger partial charge in [-0.25, -0.2) is 9.07 Å². The molecule has 4 rings (SSSR count). The zero-order valence-corrected chi connectivity index (χ0v) is 20.7. The summed E-state index contributed by atoms with van der Waals surface area (Å²) in [5, 5.41) is 11.3. The van der Waals surface area contributed by atoms with Crippen LogP contribution in [0.15, 0.2) is 72.8 Å². The van der Waals surface area contributed by atoms with Crippen LogP contribution >= 0.6 is 0 Å². The lowest BCUT2D eigenvalue weighted by molar-refractivity contribution is -0.127. The molecule has 0 radical (unpaired) electrons. The molecule has 0 aliphatic heterocycles. The lowest BCUT2D eigenvalue weighted by Crippen LogP contribution is -2.45. The third-order valence-corrected chi connectivity index (χ3v) is 6.00. The van der Waals surface area contributed by atoms with E-state index in [1.54, 1.807) is 12.1 Å². The Kier molecular flexibility index (Phi) is 7.73. The summed E-state index contributed by atoms with van der Waals surface area (Å²) in [5.41, 5.74) is 3.48. The summed E-state index contributed by atoms with van der Waals surface area (Å²) in [4.78, 5) is 28.9. The van der Waals surface area contributed by atoms with E-state index in [1.165, 1.54) is 21.7 Å². The first-order valence-electron chi connectivity index (χ1n) is 12.0. The minimum atomic E-state index is -0.997. The molecule has 0 saturated carbocycles. The average molecular weight is 488 g/mol. The molecule has 4 aromatic rings. The molecule has 186 valence electrons. The third kappa shape index (κ3) is 5.76. The quantitative estimate of drug-likeness (QED) is 0.367. The maximum Gasteiger partial charge on any atom is 0.249 e. The summed E-state index contributed by atoms with van der Waals surface area (Å²) in [5.74, 6) is -0.688. The van der Waals surface area contributed by atoms with Crippen molar-refractivity contribution in [2.75, 3.05) is 11.4 Å². The Hall–Kier alpha value is -4.07. The largest absolute Gasteiger partial charge is 0.354 e. The zero-order chi connectivity index (χ0) is 25.7. The first kappa shape index (κ1) is 25.0. The first-order chi connectivity index (χ1) is 17.3. The van der Waals surface area contributed by atoms with Crippen molar-refractivity contribution in [3.8, 4) is 0 Å². The fourth-order valence-corrected chi connectivity index (χ4v) is 4.02. The Labute approximate surface area is 209 Å². The number of nitrogens with one attached hydrogen (secondary N) is 1. The molecule has 0 bridgehead atoms. The lowest BCUT2D eigenvalue weighted by atomic mass is 10.0. The average Bonchev–Trinajstić information content (AvgIpc) is 3.26. The maximum absolute atomic E-state index is 13.9. The van der Waals surface area contributed by atoms with E-state index >= 15 is 0 Å². The van der Waals surface area contributed by atoms with Gasteiger partial charge in [0.2, 0.25) is 11.8 Å². The van der Waals surface area contributed by atoms with E-state index in [4.69, 9.17) is 0 Å². The molecule has 2 amide bonds. The molecule has 0 fully saturated rings. The Balaban J connectivity index is 1.75. The van der Waals surface area contributed by atoms with Crippen molar-refractivity contribution in [3.05, 3.63) is 89.7 Å². The Bertz CT molecular complexity index is 1330. The molecular weight excluding hydrogens is 457 g/mol. The van der Waals surface area contributed by atoms with Crippen LogP contribution in [0, 0.1) is 18.7 Å². The first-order valence-corrected chi connectivity index (χ1v) is 12.0. The molecule has 1 aromatic heterocycles. The number of amides is 2. The van der Waals surface area contributed by atoms with Crippen LogP contribution in [0.25, 0.3) is 11.0 Å². The van der Waals surface area contributed by atoms with E-state index in [0.29, 0.717) is 29.2 Å². The standard InChI is InChI=1S/C28H30FN5O2/c1-19(2)16-17-30-28(36)27(21-10-12-22(29)13-11-21)34(23-14-8-20(3)9-15-23)26(35)18-33-25-7-5-4-6-24(25)31-32-33/h4-15,19,27H,16-18H2,1-3H3,(H,30,36). The smallest absolute Gasteiger partial charge is 0.249 e. The number of nitrogens with zero attached hydrogens (tertiary/aromatic N) is 4. The van der Waals surface area contributed by atoms with Crippen LogP contribution in [0.3, 0.4) is 0 Å². The van der Waals surface area contributed by atoms with Crippen LogP contribution in [0.1, 0.15) is 37.4 Å². The van der Waals surface area contributed by atoms with Crippen LogP contribution in [-0.4, -0.2) is 33.4 Å². The van der Waals surface area contributed by atoms with Crippen molar-refractivity contribution in [2.24, 2.45) is 5.92 Å². The van der Waals surface area contributed by atoms with Gasteiger partial charge in [-0.15, -0.1) is 5.10 Å². The molecule has 8 heteroatoms. The van der Waals surface area contributed by atoms with E-state index in [9.17, 15) is 14.0 Å². The maximum atomic E-state index is 13.9. The number of aromatic nitrogens is 3. The number of anilines is 1. The van der Waals surface area contributed by atoms with Crippen LogP contribution in [0.4, 0.5) is 10.1 Å². The van der Waals surface area contributed by atoms with Crippen LogP contribution in [-0.2, 0) is 16.1 Å². The zero-order valence-electron chi connectivity index (χ0n) is 20.7. The SMILES string of the molecule is Cc1ccc(N(C(=O)Cn2nnc3ccccc32)C(C(=O)NCCC(C)C)c2ccc(F)cc2)cc1. The summed E-state index contributed by atoms with van der Waals surface area (Å²) in [7, 11) is 0. The predicted molar refractivity (Wildman–Crippen MR) is 138 cm³/mol. The van der Waals surface area contributed by atoms with Gasteiger partial charge in [-0.2, -0.15) is 0 Å². The lowest BCUT2D eigenvalue weighted by Gasteiger charge is -2.32. The van der Waals surface area contributed by atoms with Crippen molar-refractivity contribution in [1.82, 2.24) is 20.3 Å². The molecule has 0 spiro atoms. The molecule has 1 atom stereocenters. The molecule has 1 heterocycles. The third-order valence-electron chi connectivity index (χ3n) is 6.00. The van der Waals surface area contributed by atoms with Gasteiger partial charge >= 0.3 is 0 Å². The number of rotatable bonds is 9. The highest BCUT2D eigenvalue weighted by Crippen LogP contribution is 2.29. The van der Waals surface area contributed by atoms with Gasteiger partial charge in [0.05, 0.1) is 5.52 Å². The van der Waals surface area contributed by atoms with Gasteiger partial charge < -0.3 is 5.32 Å². The van der Waals surface area contributed by atoms with E-state index in [-0.39, 0.29) is 18.4 Å². The molecule has 0 saturated heterocycles. The number of hydrogen-bond acceptors (Lipinski definition) is 4. The second-order valence-electron chi connectivity index (χ2n) is 9.26. The summed E-state index contributed by atoms with van der Waals surface area (Å²) < 4.78 is 15.3. The Morgan fingerprint density at radius 1 is 1.00 bits per heavy atom. The number of carbonyl (C=O) groups is 2. The number of para-hydroxylation sites is 1. The second kappa shape index (κ2) is 11.1. The normalized spacial score (nSPS) is 12.0. The second-order valence-corrected chi connectivity index (χ2v) is 9.26. The van der Waals surface area contributed by atoms with E-state index in [2.05, 4.69) is 29.5 Å². The van der Waals surface area contributed by atoms with Gasteiger partial charge in [-0.3, -0.25) is 14.5 Å². The van der Waals surface area contributed by atoms with Gasteiger partial charge in [0.25, 0.3) is 0 Å². The summed E-state index contributed by atoms with van der Waals surface area (Å²) >= 11 is 0. The van der Waals surface area contributed by atoms with Gasteiger partial charge in [-0.05, 0) is 61.2 Å². The number of carbonyl (C=O) groups excluding carboxylic acids is 2. The fraction of sp³-hybridized carbons (Fsp3) is 0.286. The number of aryl methyl sites for hydroxylation is 1. The van der Waals surface area contributed by atoms with Gasteiger partial charge in [0, 0.05) is 12.2 Å². The van der Waals surface area contributed by atoms with Crippen molar-refractivity contribution in [2.45, 2.75) is 39.8 Å². The van der Waals surface area contributed by atoms with Crippen LogP contribution in [0.2, 0.25) is 0 Å². The number of benzene rings is 3. The van der Waals surface area contributed by atoms with E-state index < -0.39 is 11.9 Å². The Morgan fingerprint density at radius 3 is 2.39 bits per heavy atom. The monoisotopic (exact) mass is 487 g/mol. The highest BCUT2D eigenvalue weighted by molar-refractivity contribution is 6.01. The molecule has 1 unspecified atom stereocenters. The molecule has 3 aromatic carbocycles. The molecule has 0 aliphatic carbocycles. The van der Waals surface area contributed by atoms with Crippen molar-refractivity contribution in [3.63, 3.8) is 0 Å². The topological polar surface area (TPSA) is 80.1 Å². The summed E-state index contributed by atoms with van der Waals surface area (Å²) in [6.45, 7) is 6.46. The fourth-order valence-electron chi connectivity index (χ4n) is 4.02. The van der Waals surface area contributed by atoms with Crippen LogP contribution in [0.5, 0.6) is 0 Å². The van der Waals surface area contributed by atoms with E-state index in [1.807, 2.05) is 55.5 Å². The number of fused-ring (bicyclic) bond motifs is 1. The summed E-state index contributed by atoms with van der Waals surface area (Å²) in [6.07, 6.45) is 0.797.